The van der Waals surface area contributed by atoms with E-state index in [1.165, 1.54) is 0 Å². The van der Waals surface area contributed by atoms with Crippen LogP contribution in [0, 0.1) is 6.92 Å². The van der Waals surface area contributed by atoms with E-state index in [4.69, 9.17) is 9.47 Å². The Bertz CT molecular complexity index is 406. The first kappa shape index (κ1) is 14.3. The van der Waals surface area contributed by atoms with Gasteiger partial charge in [0.2, 0.25) is 0 Å². The third-order valence-corrected chi connectivity index (χ3v) is 2.53. The lowest BCUT2D eigenvalue weighted by Gasteiger charge is -2.16. The second-order valence-electron chi connectivity index (χ2n) is 3.94. The van der Waals surface area contributed by atoms with Gasteiger partial charge >= 0.3 is 0 Å². The molecule has 1 amide bonds. The fraction of sp³-hybridized carbons (Fsp3) is 0.462. The smallest absolute Gasteiger partial charge is 0.260 e. The maximum absolute atomic E-state index is 11.7. The Morgan fingerprint density at radius 2 is 2.22 bits per heavy atom. The Hall–Kier alpha value is -1.75. The second-order valence-corrected chi connectivity index (χ2v) is 3.94. The second kappa shape index (κ2) is 6.86. The number of methoxy groups -OCH3 is 1. The number of ether oxygens (including phenoxy) is 2. The van der Waals surface area contributed by atoms with Gasteiger partial charge in [0.25, 0.3) is 5.91 Å². The van der Waals surface area contributed by atoms with Gasteiger partial charge in [-0.25, -0.2) is 0 Å². The van der Waals surface area contributed by atoms with E-state index in [0.717, 1.165) is 0 Å². The van der Waals surface area contributed by atoms with Crippen molar-refractivity contribution in [2.24, 2.45) is 0 Å². The molecule has 0 fully saturated rings. The Balaban J connectivity index is 2.56. The quantitative estimate of drug-likeness (QED) is 0.748. The van der Waals surface area contributed by atoms with E-state index in [9.17, 15) is 9.90 Å². The Kier molecular flexibility index (Phi) is 5.45. The van der Waals surface area contributed by atoms with Crippen molar-refractivity contribution in [3.05, 3.63) is 23.8 Å². The normalized spacial score (nSPS) is 11.9. The zero-order chi connectivity index (χ0) is 13.5. The summed E-state index contributed by atoms with van der Waals surface area (Å²) in [7, 11) is 1.57. The molecule has 1 rings (SSSR count). The number of benzene rings is 1. The molecule has 5 nitrogen and oxygen atoms in total. The number of hydrogen-bond donors (Lipinski definition) is 2. The summed E-state index contributed by atoms with van der Waals surface area (Å²) in [5.74, 6) is 0.443. The maximum atomic E-state index is 11.7. The highest BCUT2D eigenvalue weighted by Crippen LogP contribution is 2.26. The molecule has 0 heterocycles. The van der Waals surface area contributed by atoms with Crippen LogP contribution >= 0.6 is 0 Å². The van der Waals surface area contributed by atoms with Gasteiger partial charge in [-0.05, 0) is 26.0 Å². The lowest BCUT2D eigenvalue weighted by atomic mass is 10.2. The fourth-order valence-corrected chi connectivity index (χ4v) is 1.39. The molecule has 5 heteroatoms. The van der Waals surface area contributed by atoms with E-state index in [2.05, 4.69) is 5.32 Å². The first-order valence-electron chi connectivity index (χ1n) is 5.78. The minimum absolute atomic E-state index is 0.152. The SMILES string of the molecule is COCCNC(=O)C(C)Oc1cccc(O)c1C. The van der Waals surface area contributed by atoms with Crippen LogP contribution < -0.4 is 10.1 Å². The summed E-state index contributed by atoms with van der Waals surface area (Å²) in [4.78, 5) is 11.7. The summed E-state index contributed by atoms with van der Waals surface area (Å²) in [6, 6.07) is 4.97. The molecule has 1 unspecified atom stereocenters. The van der Waals surface area contributed by atoms with Crippen LogP contribution in [-0.4, -0.2) is 37.4 Å². The number of carbonyl (C=O) groups excluding carboxylic acids is 1. The predicted molar refractivity (Wildman–Crippen MR) is 67.8 cm³/mol. The number of nitrogens with one attached hydrogen (secondary N) is 1. The van der Waals surface area contributed by atoms with Crippen molar-refractivity contribution in [1.29, 1.82) is 0 Å². The molecule has 0 saturated heterocycles. The van der Waals surface area contributed by atoms with E-state index >= 15 is 0 Å². The monoisotopic (exact) mass is 253 g/mol. The third-order valence-electron chi connectivity index (χ3n) is 2.53. The van der Waals surface area contributed by atoms with Crippen molar-refractivity contribution in [2.45, 2.75) is 20.0 Å². The first-order chi connectivity index (χ1) is 8.56. The summed E-state index contributed by atoms with van der Waals surface area (Å²) >= 11 is 0. The highest BCUT2D eigenvalue weighted by molar-refractivity contribution is 5.80. The van der Waals surface area contributed by atoms with Crippen LogP contribution in [0.2, 0.25) is 0 Å². The first-order valence-corrected chi connectivity index (χ1v) is 5.78. The largest absolute Gasteiger partial charge is 0.508 e. The summed E-state index contributed by atoms with van der Waals surface area (Å²) in [6.45, 7) is 4.30. The average molecular weight is 253 g/mol. The zero-order valence-electron chi connectivity index (χ0n) is 10.9. The van der Waals surface area contributed by atoms with Gasteiger partial charge in [-0.3, -0.25) is 4.79 Å². The van der Waals surface area contributed by atoms with Crippen LogP contribution in [0.4, 0.5) is 0 Å². The van der Waals surface area contributed by atoms with Gasteiger partial charge in [0, 0.05) is 19.2 Å². The van der Waals surface area contributed by atoms with Crippen molar-refractivity contribution < 1.29 is 19.4 Å². The van der Waals surface area contributed by atoms with E-state index in [0.29, 0.717) is 24.5 Å². The van der Waals surface area contributed by atoms with Crippen LogP contribution in [0.15, 0.2) is 18.2 Å². The minimum Gasteiger partial charge on any atom is -0.508 e. The lowest BCUT2D eigenvalue weighted by molar-refractivity contribution is -0.127. The van der Waals surface area contributed by atoms with E-state index in [1.54, 1.807) is 39.2 Å². The molecule has 100 valence electrons. The van der Waals surface area contributed by atoms with E-state index in [-0.39, 0.29) is 11.7 Å². The van der Waals surface area contributed by atoms with Crippen molar-refractivity contribution >= 4 is 5.91 Å². The molecule has 1 atom stereocenters. The van der Waals surface area contributed by atoms with Crippen LogP contribution in [0.25, 0.3) is 0 Å². The van der Waals surface area contributed by atoms with Crippen LogP contribution in [0.5, 0.6) is 11.5 Å². The molecular weight excluding hydrogens is 234 g/mol. The number of amides is 1. The van der Waals surface area contributed by atoms with Gasteiger partial charge < -0.3 is 19.9 Å². The van der Waals surface area contributed by atoms with Crippen LogP contribution in [0.1, 0.15) is 12.5 Å². The molecule has 0 aliphatic rings. The van der Waals surface area contributed by atoms with Gasteiger partial charge in [0.15, 0.2) is 6.10 Å². The van der Waals surface area contributed by atoms with E-state index < -0.39 is 6.10 Å². The highest BCUT2D eigenvalue weighted by atomic mass is 16.5. The molecule has 0 saturated carbocycles. The van der Waals surface area contributed by atoms with Gasteiger partial charge in [-0.1, -0.05) is 6.07 Å². The molecule has 1 aromatic carbocycles. The van der Waals surface area contributed by atoms with Gasteiger partial charge in [0.05, 0.1) is 6.61 Å². The van der Waals surface area contributed by atoms with Crippen LogP contribution in [-0.2, 0) is 9.53 Å². The van der Waals surface area contributed by atoms with Crippen molar-refractivity contribution in [2.75, 3.05) is 20.3 Å². The third kappa shape index (κ3) is 3.92. The topological polar surface area (TPSA) is 67.8 Å². The Morgan fingerprint density at radius 1 is 1.50 bits per heavy atom. The predicted octanol–water partition coefficient (Wildman–Crippen LogP) is 1.23. The number of hydrogen-bond acceptors (Lipinski definition) is 4. The zero-order valence-corrected chi connectivity index (χ0v) is 10.9. The fourth-order valence-electron chi connectivity index (χ4n) is 1.39. The molecule has 0 aliphatic carbocycles. The molecular formula is C13H19NO4. The molecule has 18 heavy (non-hydrogen) atoms. The van der Waals surface area contributed by atoms with Crippen LogP contribution in [0.3, 0.4) is 0 Å². The lowest BCUT2D eigenvalue weighted by Crippen LogP contribution is -2.38. The highest BCUT2D eigenvalue weighted by Gasteiger charge is 2.15. The molecule has 0 aromatic heterocycles. The summed E-state index contributed by atoms with van der Waals surface area (Å²) in [5.41, 5.74) is 0.619. The minimum atomic E-state index is -0.623. The molecule has 0 radical (unpaired) electrons. The van der Waals surface area contributed by atoms with Gasteiger partial charge in [-0.2, -0.15) is 0 Å². The number of aromatic hydroxyl groups is 1. The molecule has 2 N–H and O–H groups in total. The van der Waals surface area contributed by atoms with Crippen molar-refractivity contribution in [1.82, 2.24) is 5.32 Å². The Morgan fingerprint density at radius 3 is 2.89 bits per heavy atom. The van der Waals surface area contributed by atoms with Gasteiger partial charge in [-0.15, -0.1) is 0 Å². The number of phenols is 1. The maximum Gasteiger partial charge on any atom is 0.260 e. The number of rotatable bonds is 6. The summed E-state index contributed by atoms with van der Waals surface area (Å²) in [5, 5.41) is 12.2. The molecule has 0 aliphatic heterocycles. The summed E-state index contributed by atoms with van der Waals surface area (Å²) < 4.78 is 10.3. The number of carbonyl (C=O) groups is 1. The van der Waals surface area contributed by atoms with Crippen molar-refractivity contribution in [3.63, 3.8) is 0 Å². The van der Waals surface area contributed by atoms with E-state index in [1.807, 2.05) is 0 Å². The molecule has 0 bridgehead atoms. The standard InChI is InChI=1S/C13H19NO4/c1-9-11(15)5-4-6-12(9)18-10(2)13(16)14-7-8-17-3/h4-6,10,15H,7-8H2,1-3H3,(H,14,16). The van der Waals surface area contributed by atoms with Gasteiger partial charge in [0.1, 0.15) is 11.5 Å². The molecule has 1 aromatic rings. The van der Waals surface area contributed by atoms with Crippen molar-refractivity contribution in [3.8, 4) is 11.5 Å². The molecule has 0 spiro atoms. The summed E-state index contributed by atoms with van der Waals surface area (Å²) in [6.07, 6.45) is -0.623. The average Bonchev–Trinajstić information content (AvgIpc) is 2.35. The Labute approximate surface area is 107 Å². The number of phenolic OH excluding ortho intramolecular Hbond substituents is 1.